The third kappa shape index (κ3) is 1.58. The zero-order valence-electron chi connectivity index (χ0n) is 10.9. The number of fused-ring (bicyclic) bond motifs is 1. The maximum Gasteiger partial charge on any atom is 0.342 e. The summed E-state index contributed by atoms with van der Waals surface area (Å²) in [7, 11) is 5.50. The van der Waals surface area contributed by atoms with Crippen LogP contribution in [-0.4, -0.2) is 17.4 Å². The molecule has 0 fully saturated rings. The maximum atomic E-state index is 11.9. The first-order chi connectivity index (χ1) is 7.97. The van der Waals surface area contributed by atoms with Crippen molar-refractivity contribution in [1.29, 1.82) is 0 Å². The molecule has 5 nitrogen and oxygen atoms in total. The molecule has 0 spiro atoms. The van der Waals surface area contributed by atoms with E-state index in [1.807, 2.05) is 47.8 Å². The van der Waals surface area contributed by atoms with Crippen LogP contribution in [0.2, 0.25) is 0 Å². The third-order valence-electron chi connectivity index (χ3n) is 3.17. The van der Waals surface area contributed by atoms with E-state index in [2.05, 4.69) is 11.4 Å². The topological polar surface area (TPSA) is 41.3 Å². The van der Waals surface area contributed by atoms with E-state index < -0.39 is 0 Å². The molecule has 0 saturated heterocycles. The fourth-order valence-electron chi connectivity index (χ4n) is 2.15. The Kier molecular flexibility index (Phi) is 2.61. The number of nitrogens with zero attached hydrogens (tertiary/aromatic N) is 3. The van der Waals surface area contributed by atoms with Crippen LogP contribution in [0.15, 0.2) is 12.4 Å². The largest absolute Gasteiger partial charge is 0.352 e. The predicted molar refractivity (Wildman–Crippen MR) is 62.6 cm³/mol. The molecule has 1 amide bonds. The number of imidazole rings is 1. The highest BCUT2D eigenvalue weighted by atomic mass is 16.1. The first kappa shape index (κ1) is 11.6. The molecule has 0 aliphatic rings. The third-order valence-corrected chi connectivity index (χ3v) is 3.17. The number of carbonyl (C=O) groups excluding carboxylic acids is 1. The molecule has 0 aliphatic carbocycles. The highest BCUT2D eigenvalue weighted by molar-refractivity contribution is 5.95. The van der Waals surface area contributed by atoms with Crippen molar-refractivity contribution in [3.63, 3.8) is 0 Å². The van der Waals surface area contributed by atoms with Crippen molar-refractivity contribution in [1.82, 2.24) is 9.72 Å². The predicted octanol–water partition coefficient (Wildman–Crippen LogP) is -0.435. The molecular weight excluding hydrogens is 216 g/mol. The van der Waals surface area contributed by atoms with Gasteiger partial charge < -0.3 is 5.32 Å². The molecule has 2 rings (SSSR count). The van der Waals surface area contributed by atoms with Gasteiger partial charge in [0.25, 0.3) is 17.9 Å². The normalized spacial score (nSPS) is 10.9. The first-order valence-corrected chi connectivity index (χ1v) is 5.56. The summed E-state index contributed by atoms with van der Waals surface area (Å²) < 4.78 is 5.90. The van der Waals surface area contributed by atoms with Crippen molar-refractivity contribution in [2.75, 3.05) is 7.05 Å². The van der Waals surface area contributed by atoms with Gasteiger partial charge in [0.1, 0.15) is 11.4 Å². The summed E-state index contributed by atoms with van der Waals surface area (Å²) in [6.07, 6.45) is 1.93. The Morgan fingerprint density at radius 3 is 2.59 bits per heavy atom. The van der Waals surface area contributed by atoms with Crippen molar-refractivity contribution in [2.45, 2.75) is 13.8 Å². The van der Waals surface area contributed by atoms with Gasteiger partial charge in [-0.25, -0.2) is 9.13 Å². The number of rotatable bonds is 1. The van der Waals surface area contributed by atoms with Crippen molar-refractivity contribution in [2.24, 2.45) is 14.1 Å². The van der Waals surface area contributed by atoms with Crippen LogP contribution in [0.4, 0.5) is 0 Å². The summed E-state index contributed by atoms with van der Waals surface area (Å²) in [6.45, 7) is 4.07. The number of hydrogen-bond donors (Lipinski definition) is 1. The van der Waals surface area contributed by atoms with Gasteiger partial charge in [-0.3, -0.25) is 4.79 Å². The summed E-state index contributed by atoms with van der Waals surface area (Å²) >= 11 is 0. The monoisotopic (exact) mass is 234 g/mol. The van der Waals surface area contributed by atoms with Crippen molar-refractivity contribution < 1.29 is 13.9 Å². The number of aryl methyl sites for hydroxylation is 4. The lowest BCUT2D eigenvalue weighted by Gasteiger charge is -2.01. The standard InChI is InChI=1S/C12H17N4O/c1-8-6-9(2)16-7-14(4)10(11(17)13-3)12(16)15(8)5/h6-7H,1-5H3/q+1/p+1. The minimum atomic E-state index is -0.0735. The molecule has 2 aromatic heterocycles. The second-order valence-electron chi connectivity index (χ2n) is 4.33. The molecule has 0 saturated carbocycles. The Balaban J connectivity index is 2.94. The van der Waals surface area contributed by atoms with Crippen LogP contribution in [0, 0.1) is 13.8 Å². The molecule has 0 unspecified atom stereocenters. The maximum absolute atomic E-state index is 11.9. The smallest absolute Gasteiger partial charge is 0.342 e. The van der Waals surface area contributed by atoms with Crippen molar-refractivity contribution in [3.05, 3.63) is 29.5 Å². The summed E-state index contributed by atoms with van der Waals surface area (Å²) in [5.41, 5.74) is 3.81. The van der Waals surface area contributed by atoms with Crippen molar-refractivity contribution in [3.8, 4) is 0 Å². The van der Waals surface area contributed by atoms with Gasteiger partial charge in [-0.05, 0) is 13.8 Å². The number of amides is 1. The fraction of sp³-hybridized carbons (Fsp3) is 0.417. The quantitative estimate of drug-likeness (QED) is 0.668. The molecule has 90 valence electrons. The molecule has 0 atom stereocenters. The summed E-state index contributed by atoms with van der Waals surface area (Å²) in [6, 6.07) is 2.10. The Labute approximate surface area is 100 Å². The van der Waals surface area contributed by atoms with Gasteiger partial charge in [0.2, 0.25) is 0 Å². The number of nitrogens with one attached hydrogen (secondary N) is 1. The van der Waals surface area contributed by atoms with E-state index in [0.717, 1.165) is 17.0 Å². The van der Waals surface area contributed by atoms with Crippen LogP contribution in [0.25, 0.3) is 5.65 Å². The summed E-state index contributed by atoms with van der Waals surface area (Å²) in [5, 5.41) is 2.68. The molecule has 0 radical (unpaired) electrons. The SMILES string of the molecule is CNC(=O)c1c2n(c[n+]1C)c(C)cc(C)[n+]2C. The van der Waals surface area contributed by atoms with Gasteiger partial charge in [-0.15, -0.1) is 0 Å². The van der Waals surface area contributed by atoms with Gasteiger partial charge in [0.15, 0.2) is 0 Å². The van der Waals surface area contributed by atoms with E-state index in [-0.39, 0.29) is 5.91 Å². The van der Waals surface area contributed by atoms with Crippen LogP contribution in [0.3, 0.4) is 0 Å². The van der Waals surface area contributed by atoms with Crippen molar-refractivity contribution >= 4 is 11.6 Å². The molecule has 0 bridgehead atoms. The molecule has 5 heteroatoms. The average Bonchev–Trinajstić information content (AvgIpc) is 2.63. The second kappa shape index (κ2) is 3.84. The van der Waals surface area contributed by atoms with E-state index in [9.17, 15) is 4.79 Å². The average molecular weight is 234 g/mol. The van der Waals surface area contributed by atoms with E-state index in [0.29, 0.717) is 5.69 Å². The van der Waals surface area contributed by atoms with Crippen LogP contribution >= 0.6 is 0 Å². The lowest BCUT2D eigenvalue weighted by molar-refractivity contribution is -0.681. The molecular formula is C12H18N4O+2. The second-order valence-corrected chi connectivity index (χ2v) is 4.33. The highest BCUT2D eigenvalue weighted by Crippen LogP contribution is 2.07. The van der Waals surface area contributed by atoms with E-state index >= 15 is 0 Å². The van der Waals surface area contributed by atoms with Crippen LogP contribution in [0.1, 0.15) is 21.9 Å². The van der Waals surface area contributed by atoms with Crippen LogP contribution in [-0.2, 0) is 14.1 Å². The van der Waals surface area contributed by atoms with Crippen LogP contribution in [0.5, 0.6) is 0 Å². The van der Waals surface area contributed by atoms with E-state index in [4.69, 9.17) is 0 Å². The van der Waals surface area contributed by atoms with Gasteiger partial charge >= 0.3 is 5.65 Å². The molecule has 2 heterocycles. The number of aromatic nitrogens is 3. The van der Waals surface area contributed by atoms with E-state index in [1.54, 1.807) is 7.05 Å². The van der Waals surface area contributed by atoms with Gasteiger partial charge in [-0.1, -0.05) is 0 Å². The lowest BCUT2D eigenvalue weighted by atomic mass is 10.3. The van der Waals surface area contributed by atoms with E-state index in [1.165, 1.54) is 0 Å². The summed E-state index contributed by atoms with van der Waals surface area (Å²) in [4.78, 5) is 11.9. The minimum absolute atomic E-state index is 0.0735. The Morgan fingerprint density at radius 1 is 1.35 bits per heavy atom. The molecule has 17 heavy (non-hydrogen) atoms. The van der Waals surface area contributed by atoms with Crippen LogP contribution < -0.4 is 14.5 Å². The van der Waals surface area contributed by atoms with Gasteiger partial charge in [-0.2, -0.15) is 4.40 Å². The molecule has 0 aliphatic heterocycles. The zero-order valence-corrected chi connectivity index (χ0v) is 10.9. The lowest BCUT2D eigenvalue weighted by Crippen LogP contribution is -2.41. The Hall–Kier alpha value is -1.91. The van der Waals surface area contributed by atoms with Gasteiger partial charge in [0.05, 0.1) is 14.1 Å². The minimum Gasteiger partial charge on any atom is -0.352 e. The molecule has 0 aromatic carbocycles. The fourth-order valence-corrected chi connectivity index (χ4v) is 2.15. The number of carbonyl (C=O) groups is 1. The molecule has 1 N–H and O–H groups in total. The number of hydrogen-bond acceptors (Lipinski definition) is 1. The van der Waals surface area contributed by atoms with Gasteiger partial charge in [0, 0.05) is 13.1 Å². The Morgan fingerprint density at radius 2 is 2.00 bits per heavy atom. The summed E-state index contributed by atoms with van der Waals surface area (Å²) in [5.74, 6) is -0.0735. The first-order valence-electron chi connectivity index (χ1n) is 5.56. The zero-order chi connectivity index (χ0) is 12.7. The highest BCUT2D eigenvalue weighted by Gasteiger charge is 2.28. The molecule has 2 aromatic rings. The Bertz CT molecular complexity index is 613.